The van der Waals surface area contributed by atoms with Gasteiger partial charge in [0.05, 0.1) is 52.9 Å². The van der Waals surface area contributed by atoms with E-state index in [2.05, 4.69) is 10.5 Å². The van der Waals surface area contributed by atoms with E-state index in [-0.39, 0.29) is 28.5 Å². The van der Waals surface area contributed by atoms with Crippen molar-refractivity contribution in [2.45, 2.75) is 0 Å². The Morgan fingerprint density at radius 1 is 0.829 bits per heavy atom. The highest BCUT2D eigenvalue weighted by atomic mass is 16.6. The Morgan fingerprint density at radius 2 is 1.49 bits per heavy atom. The number of hydrogen-bond donors (Lipinski definition) is 1. The number of esters is 1. The lowest BCUT2D eigenvalue weighted by Gasteiger charge is -2.10. The van der Waals surface area contributed by atoms with Gasteiger partial charge in [0.2, 0.25) is 5.75 Å². The molecule has 0 aromatic heterocycles. The fraction of sp³-hybridized carbons (Fsp3) is 0.125. The van der Waals surface area contributed by atoms with Gasteiger partial charge in [-0.15, -0.1) is 0 Å². The van der Waals surface area contributed by atoms with Gasteiger partial charge < -0.3 is 18.9 Å². The molecule has 1 N–H and O–H groups in total. The Morgan fingerprint density at radius 3 is 2.07 bits per heavy atom. The Labute approximate surface area is 229 Å². The molecule has 3 aromatic rings. The lowest BCUT2D eigenvalue weighted by molar-refractivity contribution is -0.394. The molecule has 0 saturated heterocycles. The zero-order chi connectivity index (χ0) is 30.1. The molecule has 1 amide bonds. The molecule has 0 unspecified atom stereocenters. The van der Waals surface area contributed by atoms with Gasteiger partial charge in [-0.25, -0.2) is 10.2 Å². The van der Waals surface area contributed by atoms with Crippen LogP contribution in [0.2, 0.25) is 0 Å². The predicted molar refractivity (Wildman–Crippen MR) is 139 cm³/mol. The van der Waals surface area contributed by atoms with E-state index < -0.39 is 50.4 Å². The fourth-order valence-electron chi connectivity index (χ4n) is 3.19. The number of amides is 1. The van der Waals surface area contributed by atoms with Crippen LogP contribution in [-0.2, 0) is 4.79 Å². The molecular formula is C24H19N5O12. The number of nitrogens with one attached hydrogen (secondary N) is 1. The number of methoxy groups -OCH3 is 2. The molecule has 3 aromatic carbocycles. The van der Waals surface area contributed by atoms with Gasteiger partial charge in [-0.3, -0.25) is 35.1 Å². The van der Waals surface area contributed by atoms with E-state index in [9.17, 15) is 39.9 Å². The molecule has 3 rings (SSSR count). The number of carbonyl (C=O) groups is 2. The van der Waals surface area contributed by atoms with Gasteiger partial charge in [-0.05, 0) is 35.9 Å². The van der Waals surface area contributed by atoms with E-state index in [1.807, 2.05) is 0 Å². The minimum Gasteiger partial charge on any atom is -0.493 e. The summed E-state index contributed by atoms with van der Waals surface area (Å²) in [6.45, 7) is -0.743. The smallest absolute Gasteiger partial charge is 0.343 e. The standard InChI is InChI=1S/C24H19N5O12/c1-38-20-9-14(3-8-19(20)41-24(31)15-4-6-16(7-5-15)27(32)33)12-25-26-22(30)13-40-23-18(29(36)37)10-17(28(34)35)11-21(23)39-2/h3-12H,13H2,1-2H3,(H,26,30)/b25-12+. The molecule has 212 valence electrons. The van der Waals surface area contributed by atoms with Crippen LogP contribution in [0.15, 0.2) is 59.7 Å². The molecule has 17 heteroatoms. The summed E-state index contributed by atoms with van der Waals surface area (Å²) in [6, 6.07) is 10.7. The number of hydrogen-bond acceptors (Lipinski definition) is 13. The number of non-ortho nitro benzene ring substituents is 2. The molecule has 0 bridgehead atoms. The second-order valence-electron chi connectivity index (χ2n) is 7.70. The second kappa shape index (κ2) is 13.1. The summed E-state index contributed by atoms with van der Waals surface area (Å²) < 4.78 is 20.6. The molecule has 0 atom stereocenters. The Balaban J connectivity index is 1.64. The normalized spacial score (nSPS) is 10.5. The maximum atomic E-state index is 12.4. The Bertz CT molecular complexity index is 1540. The summed E-state index contributed by atoms with van der Waals surface area (Å²) in [7, 11) is 2.44. The molecule has 0 fully saturated rings. The van der Waals surface area contributed by atoms with Crippen LogP contribution >= 0.6 is 0 Å². The van der Waals surface area contributed by atoms with Gasteiger partial charge in [-0.1, -0.05) is 0 Å². The van der Waals surface area contributed by atoms with E-state index in [1.165, 1.54) is 43.7 Å². The molecule has 41 heavy (non-hydrogen) atoms. The monoisotopic (exact) mass is 569 g/mol. The van der Waals surface area contributed by atoms with Crippen molar-refractivity contribution in [1.82, 2.24) is 5.43 Å². The zero-order valence-corrected chi connectivity index (χ0v) is 21.2. The minimum absolute atomic E-state index is 0.0454. The van der Waals surface area contributed by atoms with Crippen LogP contribution < -0.4 is 24.4 Å². The highest BCUT2D eigenvalue weighted by Crippen LogP contribution is 2.40. The van der Waals surface area contributed by atoms with Crippen LogP contribution in [-0.4, -0.2) is 53.7 Å². The van der Waals surface area contributed by atoms with Gasteiger partial charge in [0.1, 0.15) is 0 Å². The van der Waals surface area contributed by atoms with Crippen molar-refractivity contribution in [1.29, 1.82) is 0 Å². The van der Waals surface area contributed by atoms with Gasteiger partial charge >= 0.3 is 11.7 Å². The van der Waals surface area contributed by atoms with Crippen molar-refractivity contribution in [3.63, 3.8) is 0 Å². The van der Waals surface area contributed by atoms with Crippen LogP contribution in [0, 0.1) is 30.3 Å². The predicted octanol–water partition coefficient (Wildman–Crippen LogP) is 3.18. The van der Waals surface area contributed by atoms with E-state index in [0.717, 1.165) is 25.3 Å². The van der Waals surface area contributed by atoms with Crippen molar-refractivity contribution in [2.75, 3.05) is 20.8 Å². The second-order valence-corrected chi connectivity index (χ2v) is 7.70. The van der Waals surface area contributed by atoms with E-state index >= 15 is 0 Å². The average molecular weight is 569 g/mol. The number of carbonyl (C=O) groups excluding carboxylic acids is 2. The first-order valence-electron chi connectivity index (χ1n) is 11.1. The van der Waals surface area contributed by atoms with Crippen molar-refractivity contribution in [2.24, 2.45) is 5.10 Å². The minimum atomic E-state index is -0.916. The molecular weight excluding hydrogens is 550 g/mol. The highest BCUT2D eigenvalue weighted by molar-refractivity contribution is 5.92. The summed E-state index contributed by atoms with van der Waals surface area (Å²) in [5.74, 6) is -2.22. The number of ether oxygens (including phenoxy) is 4. The number of nitro groups is 3. The zero-order valence-electron chi connectivity index (χ0n) is 21.2. The molecule has 17 nitrogen and oxygen atoms in total. The first-order chi connectivity index (χ1) is 19.5. The first-order valence-corrected chi connectivity index (χ1v) is 11.1. The van der Waals surface area contributed by atoms with Gasteiger partial charge in [0, 0.05) is 12.1 Å². The molecule has 0 aliphatic rings. The quantitative estimate of drug-likeness (QED) is 0.109. The van der Waals surface area contributed by atoms with Crippen molar-refractivity contribution in [3.05, 3.63) is 96.1 Å². The third kappa shape index (κ3) is 7.47. The maximum absolute atomic E-state index is 12.4. The van der Waals surface area contributed by atoms with Crippen LogP contribution in [0.3, 0.4) is 0 Å². The number of hydrazone groups is 1. The molecule has 0 spiro atoms. The topological polar surface area (TPSA) is 225 Å². The summed E-state index contributed by atoms with van der Waals surface area (Å²) in [4.78, 5) is 55.3. The highest BCUT2D eigenvalue weighted by Gasteiger charge is 2.27. The lowest BCUT2D eigenvalue weighted by atomic mass is 10.2. The van der Waals surface area contributed by atoms with Gasteiger partial charge in [0.25, 0.3) is 17.3 Å². The van der Waals surface area contributed by atoms with Crippen LogP contribution in [0.4, 0.5) is 17.1 Å². The van der Waals surface area contributed by atoms with Crippen LogP contribution in [0.25, 0.3) is 0 Å². The van der Waals surface area contributed by atoms with Crippen molar-refractivity contribution < 1.29 is 43.3 Å². The van der Waals surface area contributed by atoms with E-state index in [1.54, 1.807) is 0 Å². The Hall–Kier alpha value is -6.13. The third-order valence-corrected chi connectivity index (χ3v) is 5.10. The summed E-state index contributed by atoms with van der Waals surface area (Å²) in [6.07, 6.45) is 1.22. The fourth-order valence-corrected chi connectivity index (χ4v) is 3.19. The third-order valence-electron chi connectivity index (χ3n) is 5.10. The van der Waals surface area contributed by atoms with Crippen LogP contribution in [0.1, 0.15) is 15.9 Å². The molecule has 0 aliphatic heterocycles. The van der Waals surface area contributed by atoms with Gasteiger partial charge in [0.15, 0.2) is 23.9 Å². The van der Waals surface area contributed by atoms with E-state index in [0.29, 0.717) is 11.6 Å². The number of benzene rings is 3. The number of nitro benzene ring substituents is 3. The largest absolute Gasteiger partial charge is 0.493 e. The molecule has 0 aliphatic carbocycles. The van der Waals surface area contributed by atoms with Crippen molar-refractivity contribution >= 4 is 35.2 Å². The maximum Gasteiger partial charge on any atom is 0.343 e. The van der Waals surface area contributed by atoms with Crippen LogP contribution in [0.5, 0.6) is 23.0 Å². The molecule has 0 heterocycles. The first kappa shape index (κ1) is 29.4. The molecule has 0 saturated carbocycles. The summed E-state index contributed by atoms with van der Waals surface area (Å²) in [5.41, 5.74) is 1.07. The van der Waals surface area contributed by atoms with Gasteiger partial charge in [-0.2, -0.15) is 5.10 Å². The Kier molecular flexibility index (Phi) is 9.40. The number of rotatable bonds is 12. The SMILES string of the molecule is COc1cc(/C=N/NC(=O)COc2c(OC)cc([N+](=O)[O-])cc2[N+](=O)[O-])ccc1OC(=O)c1ccc([N+](=O)[O-])cc1. The van der Waals surface area contributed by atoms with E-state index in [4.69, 9.17) is 18.9 Å². The lowest BCUT2D eigenvalue weighted by Crippen LogP contribution is -2.25. The summed E-state index contributed by atoms with van der Waals surface area (Å²) in [5, 5.41) is 36.9. The number of nitrogens with zero attached hydrogens (tertiary/aromatic N) is 4. The molecule has 0 radical (unpaired) electrons. The summed E-state index contributed by atoms with van der Waals surface area (Å²) >= 11 is 0. The van der Waals surface area contributed by atoms with Crippen molar-refractivity contribution in [3.8, 4) is 23.0 Å². The average Bonchev–Trinajstić information content (AvgIpc) is 2.96.